The number of carbonyl (C=O) groups excluding carboxylic acids is 2. The van der Waals surface area contributed by atoms with Gasteiger partial charge in [0.25, 0.3) is 11.8 Å². The molecule has 2 saturated heterocycles. The largest absolute Gasteiger partial charge is 0.356 e. The molecule has 2 fully saturated rings. The number of halogens is 1. The summed E-state index contributed by atoms with van der Waals surface area (Å²) in [4.78, 5) is 35.6. The van der Waals surface area contributed by atoms with Crippen LogP contribution in [-0.4, -0.2) is 85.3 Å². The number of nitrogens with one attached hydrogen (secondary N) is 1. The molecule has 0 spiro atoms. The van der Waals surface area contributed by atoms with Crippen molar-refractivity contribution >= 4 is 41.8 Å². The second kappa shape index (κ2) is 11.3. The summed E-state index contributed by atoms with van der Waals surface area (Å²) in [6, 6.07) is 7.07. The van der Waals surface area contributed by atoms with E-state index in [9.17, 15) is 9.59 Å². The van der Waals surface area contributed by atoms with Crippen molar-refractivity contribution in [1.29, 1.82) is 0 Å². The minimum Gasteiger partial charge on any atom is -0.356 e. The molecule has 0 aliphatic carbocycles. The lowest BCUT2D eigenvalue weighted by atomic mass is 10.1. The van der Waals surface area contributed by atoms with E-state index in [0.29, 0.717) is 17.7 Å². The summed E-state index contributed by atoms with van der Waals surface area (Å²) in [6.07, 6.45) is 5.60. The monoisotopic (exact) mass is 539 g/mol. The summed E-state index contributed by atoms with van der Waals surface area (Å²) < 4.78 is 0. The molecule has 3 heterocycles. The zero-order chi connectivity index (χ0) is 20.9. The van der Waals surface area contributed by atoms with Crippen LogP contribution in [0, 0.1) is 5.92 Å². The van der Waals surface area contributed by atoms with Crippen LogP contribution >= 0.6 is 24.0 Å². The smallest absolute Gasteiger partial charge is 0.261 e. The Hall–Kier alpha value is -1.68. The van der Waals surface area contributed by atoms with E-state index in [-0.39, 0.29) is 35.8 Å². The van der Waals surface area contributed by atoms with E-state index in [1.165, 1.54) is 43.8 Å². The van der Waals surface area contributed by atoms with Crippen molar-refractivity contribution in [2.45, 2.75) is 32.1 Å². The summed E-state index contributed by atoms with van der Waals surface area (Å²) in [5.74, 6) is 1.37. The van der Waals surface area contributed by atoms with Crippen molar-refractivity contribution in [3.63, 3.8) is 0 Å². The lowest BCUT2D eigenvalue weighted by molar-refractivity contribution is 0.0652. The van der Waals surface area contributed by atoms with Crippen molar-refractivity contribution in [1.82, 2.24) is 20.0 Å². The highest BCUT2D eigenvalue weighted by Gasteiger charge is 2.34. The number of unbranched alkanes of at least 4 members (excludes halogenated alkanes) is 1. The van der Waals surface area contributed by atoms with E-state index in [4.69, 9.17) is 0 Å². The first-order valence-corrected chi connectivity index (χ1v) is 11.3. The second-order valence-corrected chi connectivity index (χ2v) is 8.60. The van der Waals surface area contributed by atoms with Crippen LogP contribution in [0.5, 0.6) is 0 Å². The Kier molecular flexibility index (Phi) is 8.71. The van der Waals surface area contributed by atoms with Crippen LogP contribution in [0.3, 0.4) is 0 Å². The molecule has 1 N–H and O–H groups in total. The van der Waals surface area contributed by atoms with Gasteiger partial charge < -0.3 is 15.1 Å². The fraction of sp³-hybridized carbons (Fsp3) is 0.609. The first kappa shape index (κ1) is 24.0. The van der Waals surface area contributed by atoms with E-state index in [1.807, 2.05) is 7.05 Å². The predicted octanol–water partition coefficient (Wildman–Crippen LogP) is 2.67. The quantitative estimate of drug-likeness (QED) is 0.190. The second-order valence-electron chi connectivity index (χ2n) is 8.60. The highest BCUT2D eigenvalue weighted by Crippen LogP contribution is 2.23. The third kappa shape index (κ3) is 5.58. The number of nitrogens with zero attached hydrogens (tertiary/aromatic N) is 4. The summed E-state index contributed by atoms with van der Waals surface area (Å²) in [5, 5.41) is 3.46. The van der Waals surface area contributed by atoms with Crippen molar-refractivity contribution in [2.24, 2.45) is 10.9 Å². The number of benzene rings is 1. The van der Waals surface area contributed by atoms with Gasteiger partial charge in [0, 0.05) is 39.8 Å². The average molecular weight is 539 g/mol. The van der Waals surface area contributed by atoms with Crippen molar-refractivity contribution < 1.29 is 9.59 Å². The van der Waals surface area contributed by atoms with Gasteiger partial charge in [0.2, 0.25) is 0 Å². The van der Waals surface area contributed by atoms with Crippen LogP contribution in [0.4, 0.5) is 0 Å². The van der Waals surface area contributed by atoms with Crippen LogP contribution in [-0.2, 0) is 0 Å². The van der Waals surface area contributed by atoms with Gasteiger partial charge >= 0.3 is 0 Å². The van der Waals surface area contributed by atoms with Crippen LogP contribution < -0.4 is 5.32 Å². The number of guanidine groups is 1. The first-order chi connectivity index (χ1) is 14.7. The highest BCUT2D eigenvalue weighted by atomic mass is 127. The molecular weight excluding hydrogens is 505 g/mol. The summed E-state index contributed by atoms with van der Waals surface area (Å²) in [7, 11) is 1.84. The van der Waals surface area contributed by atoms with Gasteiger partial charge in [-0.15, -0.1) is 24.0 Å². The molecule has 0 bridgehead atoms. The summed E-state index contributed by atoms with van der Waals surface area (Å²) in [5.41, 5.74) is 1.05. The maximum atomic E-state index is 12.4. The van der Waals surface area contributed by atoms with E-state index >= 15 is 0 Å². The van der Waals surface area contributed by atoms with Crippen molar-refractivity contribution in [3.05, 3.63) is 35.4 Å². The SMILES string of the molecule is CN=C(NCCCCN1C(=O)c2ccccc2C1=O)N1CCC(CN2CCCC2)C1.I. The molecule has 1 aromatic carbocycles. The zero-order valence-corrected chi connectivity index (χ0v) is 20.7. The van der Waals surface area contributed by atoms with Crippen LogP contribution in [0.15, 0.2) is 29.3 Å². The molecule has 1 unspecified atom stereocenters. The summed E-state index contributed by atoms with van der Waals surface area (Å²) >= 11 is 0. The lowest BCUT2D eigenvalue weighted by Crippen LogP contribution is -2.41. The predicted molar refractivity (Wildman–Crippen MR) is 133 cm³/mol. The minimum atomic E-state index is -0.166. The van der Waals surface area contributed by atoms with E-state index in [2.05, 4.69) is 20.1 Å². The van der Waals surface area contributed by atoms with Gasteiger partial charge in [-0.05, 0) is 63.2 Å². The fourth-order valence-corrected chi connectivity index (χ4v) is 4.87. The number of imide groups is 1. The third-order valence-electron chi connectivity index (χ3n) is 6.48. The van der Waals surface area contributed by atoms with Crippen LogP contribution in [0.25, 0.3) is 0 Å². The van der Waals surface area contributed by atoms with Gasteiger partial charge in [0.1, 0.15) is 0 Å². The molecule has 3 aliphatic rings. The van der Waals surface area contributed by atoms with Gasteiger partial charge in [0.05, 0.1) is 11.1 Å². The Morgan fingerprint density at radius 3 is 2.39 bits per heavy atom. The highest BCUT2D eigenvalue weighted by molar-refractivity contribution is 14.0. The number of likely N-dealkylation sites (tertiary alicyclic amines) is 2. The maximum Gasteiger partial charge on any atom is 0.261 e. The normalized spacial score (nSPS) is 21.6. The number of rotatable bonds is 7. The van der Waals surface area contributed by atoms with E-state index in [0.717, 1.165) is 44.4 Å². The van der Waals surface area contributed by atoms with Crippen molar-refractivity contribution in [2.75, 3.05) is 52.9 Å². The molecule has 1 atom stereocenters. The van der Waals surface area contributed by atoms with Crippen molar-refractivity contribution in [3.8, 4) is 0 Å². The van der Waals surface area contributed by atoms with Gasteiger partial charge in [-0.25, -0.2) is 0 Å². The lowest BCUT2D eigenvalue weighted by Gasteiger charge is -2.23. The topological polar surface area (TPSA) is 68.2 Å². The molecule has 0 saturated carbocycles. The Morgan fingerprint density at radius 2 is 1.74 bits per heavy atom. The van der Waals surface area contributed by atoms with E-state index < -0.39 is 0 Å². The van der Waals surface area contributed by atoms with Gasteiger partial charge in [-0.3, -0.25) is 19.5 Å². The fourth-order valence-electron chi connectivity index (χ4n) is 4.87. The van der Waals surface area contributed by atoms with Gasteiger partial charge in [-0.1, -0.05) is 12.1 Å². The first-order valence-electron chi connectivity index (χ1n) is 11.3. The Bertz CT molecular complexity index is 774. The molecule has 170 valence electrons. The number of amides is 2. The minimum absolute atomic E-state index is 0. The Labute approximate surface area is 202 Å². The molecule has 31 heavy (non-hydrogen) atoms. The molecule has 0 aromatic heterocycles. The molecule has 3 aliphatic heterocycles. The maximum absolute atomic E-state index is 12.4. The zero-order valence-electron chi connectivity index (χ0n) is 18.4. The van der Waals surface area contributed by atoms with Gasteiger partial charge in [0.15, 0.2) is 5.96 Å². The number of carbonyl (C=O) groups is 2. The van der Waals surface area contributed by atoms with Crippen LogP contribution in [0.1, 0.15) is 52.8 Å². The Balaban J connectivity index is 0.00000272. The number of hydrogen-bond acceptors (Lipinski definition) is 4. The Morgan fingerprint density at radius 1 is 1.06 bits per heavy atom. The molecule has 0 radical (unpaired) electrons. The molecule has 4 rings (SSSR count). The molecule has 8 heteroatoms. The number of fused-ring (bicyclic) bond motifs is 1. The van der Waals surface area contributed by atoms with E-state index in [1.54, 1.807) is 24.3 Å². The molecule has 7 nitrogen and oxygen atoms in total. The van der Waals surface area contributed by atoms with Crippen LogP contribution in [0.2, 0.25) is 0 Å². The molecular formula is C23H34IN5O2. The third-order valence-corrected chi connectivity index (χ3v) is 6.48. The average Bonchev–Trinajstić information content (AvgIpc) is 3.49. The standard InChI is InChI=1S/C23H33N5O2.HI/c1-24-23(27-15-10-18(17-27)16-26-12-6-7-13-26)25-11-4-5-14-28-21(29)19-8-2-3-9-20(19)22(28)30;/h2-3,8-9,18H,4-7,10-17H2,1H3,(H,24,25);1H. The molecule has 2 amide bonds. The number of hydrogen-bond donors (Lipinski definition) is 1. The van der Waals surface area contributed by atoms with Gasteiger partial charge in [-0.2, -0.15) is 0 Å². The summed E-state index contributed by atoms with van der Waals surface area (Å²) in [6.45, 7) is 7.14. The number of aliphatic imine (C=N–C) groups is 1. The molecule has 1 aromatic rings.